The van der Waals surface area contributed by atoms with Crippen LogP contribution in [0.15, 0.2) is 29.2 Å². The molecule has 0 aliphatic heterocycles. The molecule has 0 aliphatic rings. The van der Waals surface area contributed by atoms with Crippen molar-refractivity contribution >= 4 is 23.4 Å². The van der Waals surface area contributed by atoms with E-state index in [1.165, 1.54) is 4.90 Å². The Bertz CT molecular complexity index is 351. The number of carbonyl (C=O) groups excluding carboxylic acids is 1. The average Bonchev–Trinajstić information content (AvgIpc) is 2.36. The summed E-state index contributed by atoms with van der Waals surface area (Å²) in [6, 6.07) is 7.92. The van der Waals surface area contributed by atoms with Gasteiger partial charge in [0, 0.05) is 30.1 Å². The van der Waals surface area contributed by atoms with Crippen molar-refractivity contribution in [3.8, 4) is 0 Å². The largest absolute Gasteiger partial charge is 0.330 e. The van der Waals surface area contributed by atoms with E-state index in [0.717, 1.165) is 5.69 Å². The van der Waals surface area contributed by atoms with Gasteiger partial charge in [0.1, 0.15) is 0 Å². The van der Waals surface area contributed by atoms with Crippen molar-refractivity contribution in [2.24, 2.45) is 11.7 Å². The number of hydrogen-bond donors (Lipinski definition) is 1. The highest BCUT2D eigenvalue weighted by atomic mass is 32.2. The average molecular weight is 238 g/mol. The fourth-order valence-corrected chi connectivity index (χ4v) is 1.77. The first kappa shape index (κ1) is 13.1. The Kier molecular flexibility index (Phi) is 4.83. The van der Waals surface area contributed by atoms with E-state index in [0.29, 0.717) is 6.54 Å². The summed E-state index contributed by atoms with van der Waals surface area (Å²) < 4.78 is 0. The van der Waals surface area contributed by atoms with E-state index < -0.39 is 0 Å². The van der Waals surface area contributed by atoms with E-state index in [1.54, 1.807) is 23.7 Å². The lowest BCUT2D eigenvalue weighted by Crippen LogP contribution is -2.35. The number of thioether (sulfide) groups is 1. The second-order valence-corrected chi connectivity index (χ2v) is 4.61. The predicted molar refractivity (Wildman–Crippen MR) is 69.9 cm³/mol. The van der Waals surface area contributed by atoms with Crippen molar-refractivity contribution in [3.63, 3.8) is 0 Å². The molecule has 0 spiro atoms. The van der Waals surface area contributed by atoms with Gasteiger partial charge in [0.2, 0.25) is 5.91 Å². The van der Waals surface area contributed by atoms with Crippen molar-refractivity contribution in [1.29, 1.82) is 0 Å². The number of hydrogen-bond acceptors (Lipinski definition) is 3. The highest BCUT2D eigenvalue weighted by Gasteiger charge is 2.16. The monoisotopic (exact) mass is 238 g/mol. The Morgan fingerprint density at radius 1 is 1.44 bits per heavy atom. The molecule has 1 atom stereocenters. The molecule has 4 heteroatoms. The zero-order valence-corrected chi connectivity index (χ0v) is 10.8. The molecule has 0 bridgehead atoms. The fraction of sp³-hybridized carbons (Fsp3) is 0.417. The van der Waals surface area contributed by atoms with Crippen molar-refractivity contribution in [2.75, 3.05) is 24.7 Å². The van der Waals surface area contributed by atoms with Crippen LogP contribution in [0.5, 0.6) is 0 Å². The lowest BCUT2D eigenvalue weighted by atomic mass is 10.1. The predicted octanol–water partition coefficient (Wildman–Crippen LogP) is 1.97. The smallest absolute Gasteiger partial charge is 0.230 e. The summed E-state index contributed by atoms with van der Waals surface area (Å²) >= 11 is 1.68. The summed E-state index contributed by atoms with van der Waals surface area (Å²) in [5.41, 5.74) is 6.39. The summed E-state index contributed by atoms with van der Waals surface area (Å²) in [4.78, 5) is 14.7. The quantitative estimate of drug-likeness (QED) is 0.816. The summed E-state index contributed by atoms with van der Waals surface area (Å²) in [7, 11) is 1.78. The van der Waals surface area contributed by atoms with E-state index in [9.17, 15) is 4.79 Å². The lowest BCUT2D eigenvalue weighted by molar-refractivity contribution is -0.121. The maximum atomic E-state index is 11.9. The lowest BCUT2D eigenvalue weighted by Gasteiger charge is -2.20. The summed E-state index contributed by atoms with van der Waals surface area (Å²) in [5.74, 6) is -0.0790. The van der Waals surface area contributed by atoms with Crippen LogP contribution in [0.2, 0.25) is 0 Å². The van der Waals surface area contributed by atoms with Gasteiger partial charge in [-0.3, -0.25) is 4.79 Å². The van der Waals surface area contributed by atoms with Gasteiger partial charge >= 0.3 is 0 Å². The van der Waals surface area contributed by atoms with Gasteiger partial charge in [0.15, 0.2) is 0 Å². The van der Waals surface area contributed by atoms with Crippen LogP contribution >= 0.6 is 11.8 Å². The third kappa shape index (κ3) is 3.00. The van der Waals surface area contributed by atoms with E-state index in [4.69, 9.17) is 5.73 Å². The van der Waals surface area contributed by atoms with E-state index in [2.05, 4.69) is 0 Å². The minimum Gasteiger partial charge on any atom is -0.330 e. The van der Waals surface area contributed by atoms with E-state index >= 15 is 0 Å². The standard InChI is InChI=1S/C12H18N2OS/c1-9(8-13)12(15)14(2)10-4-6-11(16-3)7-5-10/h4-7,9H,8,13H2,1-3H3. The minimum absolute atomic E-state index is 0.0550. The molecule has 1 unspecified atom stereocenters. The summed E-state index contributed by atoms with van der Waals surface area (Å²) in [6.07, 6.45) is 2.03. The number of carbonyl (C=O) groups is 1. The molecule has 1 aromatic rings. The van der Waals surface area contributed by atoms with Crippen LogP contribution in [0.25, 0.3) is 0 Å². The maximum Gasteiger partial charge on any atom is 0.230 e. The van der Waals surface area contributed by atoms with Crippen LogP contribution in [-0.2, 0) is 4.79 Å². The first-order valence-electron chi connectivity index (χ1n) is 5.21. The third-order valence-electron chi connectivity index (χ3n) is 2.57. The Hall–Kier alpha value is -1.00. The molecular weight excluding hydrogens is 220 g/mol. The third-order valence-corrected chi connectivity index (χ3v) is 3.31. The molecule has 16 heavy (non-hydrogen) atoms. The fourth-order valence-electron chi connectivity index (χ4n) is 1.36. The number of amides is 1. The van der Waals surface area contributed by atoms with E-state index in [1.807, 2.05) is 37.4 Å². The first-order chi connectivity index (χ1) is 7.60. The van der Waals surface area contributed by atoms with E-state index in [-0.39, 0.29) is 11.8 Å². The molecular formula is C12H18N2OS. The summed E-state index contributed by atoms with van der Waals surface area (Å²) in [6.45, 7) is 2.22. The molecule has 0 fully saturated rings. The number of nitrogens with two attached hydrogens (primary N) is 1. The zero-order valence-electron chi connectivity index (χ0n) is 9.93. The zero-order chi connectivity index (χ0) is 12.1. The van der Waals surface area contributed by atoms with Crippen LogP contribution in [0.4, 0.5) is 5.69 Å². The van der Waals surface area contributed by atoms with Crippen LogP contribution in [-0.4, -0.2) is 25.8 Å². The van der Waals surface area contributed by atoms with Crippen molar-refractivity contribution < 1.29 is 4.79 Å². The molecule has 1 amide bonds. The molecule has 1 aromatic carbocycles. The maximum absolute atomic E-state index is 11.9. The molecule has 0 saturated heterocycles. The number of anilines is 1. The van der Waals surface area contributed by atoms with Crippen LogP contribution in [0.1, 0.15) is 6.92 Å². The molecule has 0 aliphatic carbocycles. The highest BCUT2D eigenvalue weighted by Crippen LogP contribution is 2.20. The number of nitrogens with zero attached hydrogens (tertiary/aromatic N) is 1. The SMILES string of the molecule is CSc1ccc(N(C)C(=O)C(C)CN)cc1. The van der Waals surface area contributed by atoms with Crippen LogP contribution in [0, 0.1) is 5.92 Å². The van der Waals surface area contributed by atoms with Gasteiger partial charge in [-0.2, -0.15) is 0 Å². The van der Waals surface area contributed by atoms with Gasteiger partial charge in [0.05, 0.1) is 0 Å². The second-order valence-electron chi connectivity index (χ2n) is 3.73. The highest BCUT2D eigenvalue weighted by molar-refractivity contribution is 7.98. The van der Waals surface area contributed by atoms with Gasteiger partial charge in [-0.25, -0.2) is 0 Å². The van der Waals surface area contributed by atoms with Gasteiger partial charge in [-0.05, 0) is 30.5 Å². The molecule has 0 aromatic heterocycles. The first-order valence-corrected chi connectivity index (χ1v) is 6.44. The van der Waals surface area contributed by atoms with Gasteiger partial charge in [-0.1, -0.05) is 6.92 Å². The van der Waals surface area contributed by atoms with Crippen LogP contribution in [0.3, 0.4) is 0 Å². The molecule has 0 heterocycles. The molecule has 0 radical (unpaired) electrons. The molecule has 88 valence electrons. The van der Waals surface area contributed by atoms with Gasteiger partial charge in [0.25, 0.3) is 0 Å². The Morgan fingerprint density at radius 2 is 2.00 bits per heavy atom. The Balaban J connectivity index is 2.79. The van der Waals surface area contributed by atoms with Crippen molar-refractivity contribution in [1.82, 2.24) is 0 Å². The van der Waals surface area contributed by atoms with Gasteiger partial charge < -0.3 is 10.6 Å². The Labute approximate surface area is 101 Å². The topological polar surface area (TPSA) is 46.3 Å². The Morgan fingerprint density at radius 3 is 2.44 bits per heavy atom. The van der Waals surface area contributed by atoms with Crippen LogP contribution < -0.4 is 10.6 Å². The molecule has 2 N–H and O–H groups in total. The minimum atomic E-state index is -0.134. The summed E-state index contributed by atoms with van der Waals surface area (Å²) in [5, 5.41) is 0. The van der Waals surface area contributed by atoms with Crippen molar-refractivity contribution in [3.05, 3.63) is 24.3 Å². The second kappa shape index (κ2) is 5.92. The number of benzene rings is 1. The molecule has 1 rings (SSSR count). The van der Waals surface area contributed by atoms with Gasteiger partial charge in [-0.15, -0.1) is 11.8 Å². The van der Waals surface area contributed by atoms with Crippen molar-refractivity contribution in [2.45, 2.75) is 11.8 Å². The molecule has 0 saturated carbocycles. The number of rotatable bonds is 4. The molecule has 3 nitrogen and oxygen atoms in total. The normalized spacial score (nSPS) is 12.2.